The Hall–Kier alpha value is -1.88. The molecule has 1 heterocycles. The maximum Gasteiger partial charge on any atom is 0.251 e. The van der Waals surface area contributed by atoms with Crippen molar-refractivity contribution in [3.05, 3.63) is 35.4 Å². The van der Waals surface area contributed by atoms with E-state index in [1.54, 1.807) is 17.0 Å². The van der Waals surface area contributed by atoms with E-state index in [2.05, 4.69) is 26.1 Å². The summed E-state index contributed by atoms with van der Waals surface area (Å²) in [5.74, 6) is -0.210. The van der Waals surface area contributed by atoms with Crippen LogP contribution in [0.15, 0.2) is 24.3 Å². The summed E-state index contributed by atoms with van der Waals surface area (Å²) in [4.78, 5) is 26.1. The molecule has 2 amide bonds. The normalized spacial score (nSPS) is 21.5. The first-order valence-corrected chi connectivity index (χ1v) is 8.50. The van der Waals surface area contributed by atoms with Gasteiger partial charge in [0.2, 0.25) is 5.91 Å². The Bertz CT molecular complexity index is 607. The Morgan fingerprint density at radius 1 is 1.29 bits per heavy atom. The lowest BCUT2D eigenvalue weighted by molar-refractivity contribution is -0.136. The minimum atomic E-state index is -0.519. The zero-order valence-electron chi connectivity index (χ0n) is 15.0. The average Bonchev–Trinajstić information content (AvgIpc) is 2.51. The maximum absolute atomic E-state index is 12.3. The van der Waals surface area contributed by atoms with Gasteiger partial charge in [0.05, 0.1) is 12.6 Å². The third kappa shape index (κ3) is 4.35. The molecule has 2 N–H and O–H groups in total. The van der Waals surface area contributed by atoms with Crippen LogP contribution in [0.4, 0.5) is 0 Å². The molecule has 1 aromatic carbocycles. The molecule has 0 spiro atoms. The van der Waals surface area contributed by atoms with Gasteiger partial charge in [-0.1, -0.05) is 39.0 Å². The Morgan fingerprint density at radius 2 is 1.96 bits per heavy atom. The van der Waals surface area contributed by atoms with Crippen LogP contribution in [0.2, 0.25) is 0 Å². The van der Waals surface area contributed by atoms with E-state index in [0.29, 0.717) is 18.7 Å². The number of hydrogen-bond donors (Lipinski definition) is 2. The quantitative estimate of drug-likeness (QED) is 0.889. The highest BCUT2D eigenvalue weighted by atomic mass is 16.3. The number of aryl methyl sites for hydroxylation is 1. The van der Waals surface area contributed by atoms with Gasteiger partial charge in [-0.15, -0.1) is 0 Å². The largest absolute Gasteiger partial charge is 0.391 e. The molecule has 1 saturated heterocycles. The molecule has 1 aliphatic heterocycles. The first-order valence-electron chi connectivity index (χ1n) is 8.50. The van der Waals surface area contributed by atoms with Gasteiger partial charge in [-0.05, 0) is 36.3 Å². The highest BCUT2D eigenvalue weighted by molar-refractivity contribution is 5.97. The molecule has 0 saturated carbocycles. The number of carbonyl (C=O) groups is 2. The average molecular weight is 332 g/mol. The van der Waals surface area contributed by atoms with Crippen molar-refractivity contribution in [1.29, 1.82) is 0 Å². The molecule has 0 bridgehead atoms. The van der Waals surface area contributed by atoms with Crippen molar-refractivity contribution in [2.45, 2.75) is 40.2 Å². The van der Waals surface area contributed by atoms with Crippen LogP contribution in [0.25, 0.3) is 0 Å². The second kappa shape index (κ2) is 7.34. The van der Waals surface area contributed by atoms with Crippen LogP contribution in [-0.4, -0.2) is 47.6 Å². The molecular formula is C19H28N2O3. The highest BCUT2D eigenvalue weighted by Gasteiger charge is 2.36. The van der Waals surface area contributed by atoms with Crippen molar-refractivity contribution in [2.24, 2.45) is 11.3 Å². The SMILES string of the molecule is Cc1ccccc1C(=O)NCC(=O)N1CC[C@@H](C(C)(C)C)[C@@H](O)C1. The first-order chi connectivity index (χ1) is 11.2. The van der Waals surface area contributed by atoms with Gasteiger partial charge in [-0.3, -0.25) is 9.59 Å². The Morgan fingerprint density at radius 3 is 2.54 bits per heavy atom. The molecule has 0 radical (unpaired) electrons. The van der Waals surface area contributed by atoms with Crippen LogP contribution in [0, 0.1) is 18.3 Å². The smallest absolute Gasteiger partial charge is 0.251 e. The number of likely N-dealkylation sites (tertiary alicyclic amines) is 1. The number of nitrogens with zero attached hydrogens (tertiary/aromatic N) is 1. The van der Waals surface area contributed by atoms with Gasteiger partial charge in [0.1, 0.15) is 0 Å². The van der Waals surface area contributed by atoms with Crippen LogP contribution in [0.3, 0.4) is 0 Å². The lowest BCUT2D eigenvalue weighted by Crippen LogP contribution is -2.52. The van der Waals surface area contributed by atoms with Gasteiger partial charge in [-0.25, -0.2) is 0 Å². The molecule has 1 aliphatic rings. The van der Waals surface area contributed by atoms with Crippen LogP contribution in [-0.2, 0) is 4.79 Å². The summed E-state index contributed by atoms with van der Waals surface area (Å²) in [5.41, 5.74) is 1.48. The summed E-state index contributed by atoms with van der Waals surface area (Å²) in [7, 11) is 0. The minimum Gasteiger partial charge on any atom is -0.391 e. The molecule has 24 heavy (non-hydrogen) atoms. The molecule has 1 fully saturated rings. The standard InChI is InChI=1S/C19H28N2O3/c1-13-7-5-6-8-14(13)18(24)20-11-17(23)21-10-9-15(16(22)12-21)19(2,3)4/h5-8,15-16,22H,9-12H2,1-4H3,(H,20,24)/t15-,16+/m1/s1. The minimum absolute atomic E-state index is 0.0214. The summed E-state index contributed by atoms with van der Waals surface area (Å²) in [6.45, 7) is 9.12. The number of carbonyl (C=O) groups excluding carboxylic acids is 2. The number of piperidine rings is 1. The Kier molecular flexibility index (Phi) is 5.65. The van der Waals surface area contributed by atoms with Crippen LogP contribution in [0.1, 0.15) is 43.1 Å². The number of benzene rings is 1. The van der Waals surface area contributed by atoms with Crippen LogP contribution >= 0.6 is 0 Å². The van der Waals surface area contributed by atoms with Gasteiger partial charge in [0.15, 0.2) is 0 Å². The molecule has 132 valence electrons. The van der Waals surface area contributed by atoms with Crippen molar-refractivity contribution in [2.75, 3.05) is 19.6 Å². The van der Waals surface area contributed by atoms with E-state index < -0.39 is 6.10 Å². The number of hydrogen-bond acceptors (Lipinski definition) is 3. The lowest BCUT2D eigenvalue weighted by atomic mass is 9.73. The van der Waals surface area contributed by atoms with Crippen molar-refractivity contribution in [3.63, 3.8) is 0 Å². The number of amides is 2. The second-order valence-corrected chi connectivity index (χ2v) is 7.67. The summed E-state index contributed by atoms with van der Waals surface area (Å²) < 4.78 is 0. The number of aliphatic hydroxyl groups is 1. The van der Waals surface area contributed by atoms with Crippen molar-refractivity contribution in [3.8, 4) is 0 Å². The predicted octanol–water partition coefficient (Wildman–Crippen LogP) is 1.98. The number of nitrogens with one attached hydrogen (secondary N) is 1. The first kappa shape index (κ1) is 18.5. The molecule has 2 atom stereocenters. The summed E-state index contributed by atoms with van der Waals surface area (Å²) >= 11 is 0. The fourth-order valence-electron chi connectivity index (χ4n) is 3.36. The fourth-order valence-corrected chi connectivity index (χ4v) is 3.36. The molecule has 1 aromatic rings. The number of β-amino-alcohol motifs (C(OH)–C–C–N with tert-alkyl or cyclic N) is 1. The van der Waals surface area contributed by atoms with E-state index in [1.807, 2.05) is 19.1 Å². The van der Waals surface area contributed by atoms with E-state index in [4.69, 9.17) is 0 Å². The molecular weight excluding hydrogens is 304 g/mol. The third-order valence-corrected chi connectivity index (χ3v) is 4.84. The highest BCUT2D eigenvalue weighted by Crippen LogP contribution is 2.34. The lowest BCUT2D eigenvalue weighted by Gasteiger charge is -2.42. The van der Waals surface area contributed by atoms with Gasteiger partial charge in [0.25, 0.3) is 5.91 Å². The van der Waals surface area contributed by atoms with Gasteiger partial charge in [0, 0.05) is 18.7 Å². The molecule has 5 heteroatoms. The second-order valence-electron chi connectivity index (χ2n) is 7.67. The Labute approximate surface area is 144 Å². The Balaban J connectivity index is 1.88. The van der Waals surface area contributed by atoms with Gasteiger partial charge in [-0.2, -0.15) is 0 Å². The van der Waals surface area contributed by atoms with E-state index in [1.165, 1.54) is 0 Å². The fraction of sp³-hybridized carbons (Fsp3) is 0.579. The van der Waals surface area contributed by atoms with Gasteiger partial charge >= 0.3 is 0 Å². The van der Waals surface area contributed by atoms with E-state index in [9.17, 15) is 14.7 Å². The molecule has 5 nitrogen and oxygen atoms in total. The van der Waals surface area contributed by atoms with Crippen molar-refractivity contribution >= 4 is 11.8 Å². The van der Waals surface area contributed by atoms with Gasteiger partial charge < -0.3 is 15.3 Å². The summed E-state index contributed by atoms with van der Waals surface area (Å²) in [6, 6.07) is 7.29. The van der Waals surface area contributed by atoms with Crippen LogP contribution < -0.4 is 5.32 Å². The zero-order valence-corrected chi connectivity index (χ0v) is 15.0. The topological polar surface area (TPSA) is 69.6 Å². The van der Waals surface area contributed by atoms with E-state index >= 15 is 0 Å². The summed E-state index contributed by atoms with van der Waals surface area (Å²) in [5, 5.41) is 13.0. The van der Waals surface area contributed by atoms with Crippen molar-refractivity contribution < 1.29 is 14.7 Å². The van der Waals surface area contributed by atoms with Crippen LogP contribution in [0.5, 0.6) is 0 Å². The zero-order chi connectivity index (χ0) is 17.9. The third-order valence-electron chi connectivity index (χ3n) is 4.84. The summed E-state index contributed by atoms with van der Waals surface area (Å²) in [6.07, 6.45) is 0.261. The van der Waals surface area contributed by atoms with Crippen molar-refractivity contribution in [1.82, 2.24) is 10.2 Å². The molecule has 2 rings (SSSR count). The maximum atomic E-state index is 12.3. The number of rotatable bonds is 3. The molecule has 0 aliphatic carbocycles. The van der Waals surface area contributed by atoms with E-state index in [0.717, 1.165) is 12.0 Å². The molecule has 0 aromatic heterocycles. The predicted molar refractivity (Wildman–Crippen MR) is 93.7 cm³/mol. The molecule has 0 unspecified atom stereocenters. The monoisotopic (exact) mass is 332 g/mol. The van der Waals surface area contributed by atoms with E-state index in [-0.39, 0.29) is 29.7 Å². The number of aliphatic hydroxyl groups excluding tert-OH is 1.